The fraction of sp³-hybridized carbons (Fsp3) is 0.333. The summed E-state index contributed by atoms with van der Waals surface area (Å²) in [5.74, 6) is 0.360. The Kier molecular flexibility index (Phi) is 6.90. The number of hydrogen-bond donors (Lipinski definition) is 2. The molecule has 0 spiro atoms. The van der Waals surface area contributed by atoms with Gasteiger partial charge in [-0.05, 0) is 37.1 Å². The van der Waals surface area contributed by atoms with Gasteiger partial charge in [-0.15, -0.1) is 0 Å². The highest BCUT2D eigenvalue weighted by atomic mass is 16.5. The number of nitrogens with one attached hydrogen (secondary N) is 2. The fourth-order valence-electron chi connectivity index (χ4n) is 3.37. The molecule has 6 nitrogen and oxygen atoms in total. The lowest BCUT2D eigenvalue weighted by molar-refractivity contribution is -0.858. The number of hydrogen-bond acceptors (Lipinski definition) is 4. The lowest BCUT2D eigenvalue weighted by Crippen LogP contribution is -3.05. The van der Waals surface area contributed by atoms with Gasteiger partial charge in [0.25, 0.3) is 5.91 Å². The average molecular weight is 410 g/mol. The normalized spacial score (nSPS) is 12.2. The molecule has 6 heteroatoms. The molecule has 3 aromatic rings. The van der Waals surface area contributed by atoms with Crippen molar-refractivity contribution in [3.8, 4) is 16.9 Å². The molecule has 2 aromatic carbocycles. The molecule has 1 atom stereocenters. The Morgan fingerprint density at radius 2 is 1.90 bits per heavy atom. The Morgan fingerprint density at radius 1 is 1.17 bits per heavy atom. The molecule has 0 aliphatic heterocycles. The molecular weight excluding hydrogens is 380 g/mol. The minimum atomic E-state index is -0.656. The molecule has 1 amide bonds. The van der Waals surface area contributed by atoms with Gasteiger partial charge in [0.15, 0.2) is 6.10 Å². The first kappa shape index (κ1) is 21.6. The van der Waals surface area contributed by atoms with Crippen LogP contribution in [0.2, 0.25) is 0 Å². The summed E-state index contributed by atoms with van der Waals surface area (Å²) in [7, 11) is 4.16. The van der Waals surface area contributed by atoms with E-state index in [0.29, 0.717) is 23.4 Å². The molecule has 0 unspecified atom stereocenters. The fourth-order valence-corrected chi connectivity index (χ4v) is 3.37. The smallest absolute Gasteiger partial charge is 0.336 e. The van der Waals surface area contributed by atoms with Crippen molar-refractivity contribution in [1.29, 1.82) is 0 Å². The van der Waals surface area contributed by atoms with E-state index in [9.17, 15) is 9.59 Å². The Balaban J connectivity index is 1.82. The Bertz CT molecular complexity index is 1070. The predicted octanol–water partition coefficient (Wildman–Crippen LogP) is 2.19. The van der Waals surface area contributed by atoms with Crippen molar-refractivity contribution in [3.05, 3.63) is 64.5 Å². The van der Waals surface area contributed by atoms with Crippen LogP contribution in [0.4, 0.5) is 0 Å². The van der Waals surface area contributed by atoms with Crippen LogP contribution in [-0.4, -0.2) is 39.2 Å². The first-order valence-corrected chi connectivity index (χ1v) is 10.2. The van der Waals surface area contributed by atoms with Crippen LogP contribution >= 0.6 is 0 Å². The lowest BCUT2D eigenvalue weighted by atomic mass is 10.00. The maximum atomic E-state index is 12.3. The van der Waals surface area contributed by atoms with Crippen LogP contribution in [0.25, 0.3) is 22.1 Å². The number of carbonyl (C=O) groups excluding carboxylic acids is 1. The number of ether oxygens (including phenoxy) is 1. The third-order valence-electron chi connectivity index (χ3n) is 5.02. The van der Waals surface area contributed by atoms with Gasteiger partial charge >= 0.3 is 5.63 Å². The molecule has 1 aromatic heterocycles. The Morgan fingerprint density at radius 3 is 2.60 bits per heavy atom. The zero-order chi connectivity index (χ0) is 21.7. The van der Waals surface area contributed by atoms with Gasteiger partial charge in [-0.2, -0.15) is 0 Å². The van der Waals surface area contributed by atoms with Gasteiger partial charge in [-0.3, -0.25) is 4.79 Å². The summed E-state index contributed by atoms with van der Waals surface area (Å²) in [6.07, 6.45) is 0.250. The van der Waals surface area contributed by atoms with Gasteiger partial charge in [0.1, 0.15) is 11.3 Å². The molecule has 30 heavy (non-hydrogen) atoms. The summed E-state index contributed by atoms with van der Waals surface area (Å²) >= 11 is 0. The predicted molar refractivity (Wildman–Crippen MR) is 118 cm³/mol. The summed E-state index contributed by atoms with van der Waals surface area (Å²) in [4.78, 5) is 25.9. The monoisotopic (exact) mass is 409 g/mol. The van der Waals surface area contributed by atoms with Crippen LogP contribution in [-0.2, 0) is 4.79 Å². The van der Waals surface area contributed by atoms with Gasteiger partial charge in [0.2, 0.25) is 0 Å². The quantitative estimate of drug-likeness (QED) is 0.442. The molecule has 1 heterocycles. The minimum absolute atomic E-state index is 0.164. The van der Waals surface area contributed by atoms with Gasteiger partial charge in [-0.25, -0.2) is 4.79 Å². The third kappa shape index (κ3) is 5.07. The van der Waals surface area contributed by atoms with E-state index >= 15 is 0 Å². The lowest BCUT2D eigenvalue weighted by Gasteiger charge is -2.17. The molecule has 158 valence electrons. The minimum Gasteiger partial charge on any atom is -0.480 e. The van der Waals surface area contributed by atoms with Gasteiger partial charge in [0.05, 0.1) is 20.6 Å². The van der Waals surface area contributed by atoms with E-state index in [1.165, 1.54) is 11.0 Å². The van der Waals surface area contributed by atoms with Crippen molar-refractivity contribution in [3.63, 3.8) is 0 Å². The van der Waals surface area contributed by atoms with E-state index < -0.39 is 11.7 Å². The topological polar surface area (TPSA) is 73.0 Å². The summed E-state index contributed by atoms with van der Waals surface area (Å²) in [6, 6.07) is 14.9. The van der Waals surface area contributed by atoms with Gasteiger partial charge in [0, 0.05) is 30.0 Å². The first-order chi connectivity index (χ1) is 14.4. The molecular formula is C24H29N2O4+. The maximum Gasteiger partial charge on any atom is 0.336 e. The summed E-state index contributed by atoms with van der Waals surface area (Å²) in [6.45, 7) is 5.15. The highest BCUT2D eigenvalue weighted by Gasteiger charge is 2.18. The largest absolute Gasteiger partial charge is 0.480 e. The van der Waals surface area contributed by atoms with Gasteiger partial charge < -0.3 is 19.4 Å². The number of amides is 1. The van der Waals surface area contributed by atoms with E-state index in [4.69, 9.17) is 9.15 Å². The van der Waals surface area contributed by atoms with Crippen molar-refractivity contribution < 1.29 is 18.8 Å². The number of benzene rings is 2. The zero-order valence-electron chi connectivity index (χ0n) is 18.0. The zero-order valence-corrected chi connectivity index (χ0v) is 18.0. The van der Waals surface area contributed by atoms with Crippen LogP contribution in [0.3, 0.4) is 0 Å². The first-order valence-electron chi connectivity index (χ1n) is 10.2. The third-order valence-corrected chi connectivity index (χ3v) is 5.02. The molecule has 0 saturated heterocycles. The number of carbonyl (C=O) groups is 1. The standard InChI is InChI=1S/C24H28N2O4/c1-16-21(29-17(2)24(28)25-13-8-14-26(3)4)12-11-19-20(15-22(27)30-23(16)19)18-9-6-5-7-10-18/h5-7,9-12,15,17H,8,13-14H2,1-4H3,(H,25,28)/p+1/t17-/m1/s1. The van der Waals surface area contributed by atoms with Crippen molar-refractivity contribution in [2.45, 2.75) is 26.4 Å². The number of fused-ring (bicyclic) bond motifs is 1. The highest BCUT2D eigenvalue weighted by Crippen LogP contribution is 2.33. The second-order valence-electron chi connectivity index (χ2n) is 7.77. The van der Waals surface area contributed by atoms with Crippen LogP contribution in [0.1, 0.15) is 18.9 Å². The molecule has 0 aliphatic rings. The Labute approximate surface area is 176 Å². The molecule has 0 bridgehead atoms. The number of rotatable bonds is 8. The molecule has 0 fully saturated rings. The van der Waals surface area contributed by atoms with Crippen LogP contribution < -0.4 is 20.6 Å². The summed E-state index contributed by atoms with van der Waals surface area (Å²) in [5, 5.41) is 3.73. The summed E-state index contributed by atoms with van der Waals surface area (Å²) < 4.78 is 11.4. The molecule has 0 radical (unpaired) electrons. The van der Waals surface area contributed by atoms with E-state index in [1.54, 1.807) is 6.92 Å². The molecule has 2 N–H and O–H groups in total. The summed E-state index contributed by atoms with van der Waals surface area (Å²) in [5.41, 5.74) is 2.50. The maximum absolute atomic E-state index is 12.3. The molecule has 0 saturated carbocycles. The van der Waals surface area contributed by atoms with Crippen LogP contribution in [0.15, 0.2) is 57.7 Å². The number of aryl methyl sites for hydroxylation is 1. The van der Waals surface area contributed by atoms with Crippen molar-refractivity contribution in [2.24, 2.45) is 0 Å². The van der Waals surface area contributed by atoms with Crippen molar-refractivity contribution in [1.82, 2.24) is 5.32 Å². The van der Waals surface area contributed by atoms with E-state index in [-0.39, 0.29) is 5.91 Å². The van der Waals surface area contributed by atoms with E-state index in [2.05, 4.69) is 19.4 Å². The second kappa shape index (κ2) is 9.59. The van der Waals surface area contributed by atoms with Crippen LogP contribution in [0, 0.1) is 6.92 Å². The molecule has 3 rings (SSSR count). The Hall–Kier alpha value is -3.12. The highest BCUT2D eigenvalue weighted by molar-refractivity contribution is 5.95. The van der Waals surface area contributed by atoms with Crippen LogP contribution in [0.5, 0.6) is 5.75 Å². The van der Waals surface area contributed by atoms with Crippen molar-refractivity contribution >= 4 is 16.9 Å². The van der Waals surface area contributed by atoms with E-state index in [1.807, 2.05) is 49.4 Å². The van der Waals surface area contributed by atoms with Crippen molar-refractivity contribution in [2.75, 3.05) is 27.2 Å². The van der Waals surface area contributed by atoms with Gasteiger partial charge in [-0.1, -0.05) is 30.3 Å². The average Bonchev–Trinajstić information content (AvgIpc) is 2.73. The number of quaternary nitrogens is 1. The second-order valence-corrected chi connectivity index (χ2v) is 7.77. The SMILES string of the molecule is Cc1c(O[C@H](C)C(=O)NCCC[NH+](C)C)ccc2c(-c3ccccc3)cc(=O)oc12. The molecule has 0 aliphatic carbocycles. The van der Waals surface area contributed by atoms with E-state index in [0.717, 1.165) is 29.5 Å².